The number of nitriles is 1. The van der Waals surface area contributed by atoms with E-state index in [0.29, 0.717) is 0 Å². The van der Waals surface area contributed by atoms with E-state index >= 15 is 0 Å². The Bertz CT molecular complexity index is 702. The zero-order valence-corrected chi connectivity index (χ0v) is 17.1. The van der Waals surface area contributed by atoms with Gasteiger partial charge in [-0.2, -0.15) is 5.26 Å². The highest BCUT2D eigenvalue weighted by Crippen LogP contribution is 2.33. The number of amides is 1. The molecular weight excluding hydrogens is 360 g/mol. The summed E-state index contributed by atoms with van der Waals surface area (Å²) in [6, 6.07) is 10.2. The van der Waals surface area contributed by atoms with Crippen molar-refractivity contribution in [1.82, 2.24) is 9.80 Å². The maximum atomic E-state index is 13.1. The van der Waals surface area contributed by atoms with Gasteiger partial charge in [-0.25, -0.2) is 0 Å². The lowest BCUT2D eigenvalue weighted by molar-refractivity contribution is -0.140. The smallest absolute Gasteiger partial charge is 0.240 e. The SMILES string of the molecule is C[C@@H](C(=O)N(C)C1(C#N)CCCCC1)N1CCN(c2cccc(Cl)c2)CC1. The van der Waals surface area contributed by atoms with Crippen LogP contribution in [0.4, 0.5) is 5.69 Å². The first-order valence-electron chi connectivity index (χ1n) is 9.90. The molecule has 0 radical (unpaired) electrons. The third kappa shape index (κ3) is 4.23. The number of carbonyl (C=O) groups is 1. The van der Waals surface area contributed by atoms with E-state index in [0.717, 1.165) is 69.0 Å². The summed E-state index contributed by atoms with van der Waals surface area (Å²) < 4.78 is 0. The summed E-state index contributed by atoms with van der Waals surface area (Å²) in [5, 5.41) is 10.5. The molecule has 1 aliphatic carbocycles. The number of benzene rings is 1. The predicted molar refractivity (Wildman–Crippen MR) is 109 cm³/mol. The first-order chi connectivity index (χ1) is 13.0. The molecule has 27 heavy (non-hydrogen) atoms. The third-order valence-electron chi connectivity index (χ3n) is 6.25. The fourth-order valence-electron chi connectivity index (χ4n) is 4.35. The first kappa shape index (κ1) is 20.0. The van der Waals surface area contributed by atoms with E-state index in [1.807, 2.05) is 32.2 Å². The van der Waals surface area contributed by atoms with Crippen LogP contribution in [-0.2, 0) is 4.79 Å². The largest absolute Gasteiger partial charge is 0.369 e. The lowest BCUT2D eigenvalue weighted by Gasteiger charge is -2.43. The van der Waals surface area contributed by atoms with Gasteiger partial charge in [0.2, 0.25) is 5.91 Å². The Morgan fingerprint density at radius 2 is 1.89 bits per heavy atom. The normalized spacial score (nSPS) is 21.3. The second-order valence-electron chi connectivity index (χ2n) is 7.78. The van der Waals surface area contributed by atoms with E-state index in [9.17, 15) is 10.1 Å². The van der Waals surface area contributed by atoms with Gasteiger partial charge < -0.3 is 9.80 Å². The molecule has 1 amide bonds. The maximum absolute atomic E-state index is 13.1. The summed E-state index contributed by atoms with van der Waals surface area (Å²) in [6.45, 7) is 5.36. The van der Waals surface area contributed by atoms with Crippen LogP contribution in [0.1, 0.15) is 39.0 Å². The van der Waals surface area contributed by atoms with Crippen molar-refractivity contribution in [3.05, 3.63) is 29.3 Å². The van der Waals surface area contributed by atoms with Gasteiger partial charge in [-0.3, -0.25) is 9.69 Å². The van der Waals surface area contributed by atoms with Crippen LogP contribution in [0.15, 0.2) is 24.3 Å². The molecule has 0 unspecified atom stereocenters. The van der Waals surface area contributed by atoms with Gasteiger partial charge in [0.25, 0.3) is 0 Å². The van der Waals surface area contributed by atoms with Crippen molar-refractivity contribution in [3.8, 4) is 6.07 Å². The first-order valence-corrected chi connectivity index (χ1v) is 10.3. The highest BCUT2D eigenvalue weighted by Gasteiger charge is 2.41. The second kappa shape index (κ2) is 8.50. The molecule has 5 nitrogen and oxygen atoms in total. The average molecular weight is 389 g/mol. The maximum Gasteiger partial charge on any atom is 0.240 e. The van der Waals surface area contributed by atoms with Gasteiger partial charge >= 0.3 is 0 Å². The van der Waals surface area contributed by atoms with Gasteiger partial charge in [-0.15, -0.1) is 0 Å². The molecule has 0 bridgehead atoms. The molecule has 1 saturated heterocycles. The van der Waals surface area contributed by atoms with Crippen molar-refractivity contribution in [2.75, 3.05) is 38.1 Å². The molecule has 6 heteroatoms. The summed E-state index contributed by atoms with van der Waals surface area (Å²) >= 11 is 6.11. The Labute approximate surface area is 167 Å². The number of hydrogen-bond acceptors (Lipinski definition) is 4. The molecule has 0 N–H and O–H groups in total. The minimum Gasteiger partial charge on any atom is -0.369 e. The molecule has 1 aromatic carbocycles. The summed E-state index contributed by atoms with van der Waals surface area (Å²) in [5.74, 6) is 0.0645. The van der Waals surface area contributed by atoms with Crippen LogP contribution in [-0.4, -0.2) is 60.5 Å². The van der Waals surface area contributed by atoms with Gasteiger partial charge in [0.05, 0.1) is 12.1 Å². The zero-order chi connectivity index (χ0) is 19.4. The van der Waals surface area contributed by atoms with Gasteiger partial charge in [-0.05, 0) is 38.0 Å². The molecule has 1 aromatic rings. The van der Waals surface area contributed by atoms with Gasteiger partial charge in [-0.1, -0.05) is 36.9 Å². The Balaban J connectivity index is 1.60. The minimum absolute atomic E-state index is 0.0645. The van der Waals surface area contributed by atoms with Crippen LogP contribution < -0.4 is 4.90 Å². The fraction of sp³-hybridized carbons (Fsp3) is 0.619. The van der Waals surface area contributed by atoms with E-state index in [1.165, 1.54) is 0 Å². The minimum atomic E-state index is -0.619. The van der Waals surface area contributed by atoms with Crippen LogP contribution in [0.3, 0.4) is 0 Å². The molecule has 1 saturated carbocycles. The van der Waals surface area contributed by atoms with Crippen molar-refractivity contribution in [2.24, 2.45) is 0 Å². The number of likely N-dealkylation sites (N-methyl/N-ethyl adjacent to an activating group) is 1. The highest BCUT2D eigenvalue weighted by molar-refractivity contribution is 6.30. The summed E-state index contributed by atoms with van der Waals surface area (Å²) in [5.41, 5.74) is 0.510. The second-order valence-corrected chi connectivity index (χ2v) is 8.22. The number of hydrogen-bond donors (Lipinski definition) is 0. The molecule has 2 aliphatic rings. The van der Waals surface area contributed by atoms with Crippen LogP contribution >= 0.6 is 11.6 Å². The third-order valence-corrected chi connectivity index (χ3v) is 6.49. The van der Waals surface area contributed by atoms with E-state index < -0.39 is 5.54 Å². The molecule has 146 valence electrons. The number of piperazine rings is 1. The number of halogens is 1. The number of anilines is 1. The van der Waals surface area contributed by atoms with Crippen LogP contribution in [0.2, 0.25) is 5.02 Å². The zero-order valence-electron chi connectivity index (χ0n) is 16.3. The fourth-order valence-corrected chi connectivity index (χ4v) is 4.53. The molecular formula is C21H29ClN4O. The Morgan fingerprint density at radius 3 is 2.48 bits per heavy atom. The number of nitrogens with zero attached hydrogens (tertiary/aromatic N) is 4. The molecule has 1 heterocycles. The number of rotatable bonds is 4. The van der Waals surface area contributed by atoms with E-state index in [4.69, 9.17) is 11.6 Å². The Kier molecular flexibility index (Phi) is 6.29. The Hall–Kier alpha value is -1.77. The molecule has 0 aromatic heterocycles. The van der Waals surface area contributed by atoms with E-state index in [2.05, 4.69) is 21.9 Å². The quantitative estimate of drug-likeness (QED) is 0.791. The van der Waals surface area contributed by atoms with Crippen molar-refractivity contribution >= 4 is 23.2 Å². The molecule has 1 atom stereocenters. The molecule has 0 spiro atoms. The monoisotopic (exact) mass is 388 g/mol. The van der Waals surface area contributed by atoms with Crippen molar-refractivity contribution in [2.45, 2.75) is 50.6 Å². The van der Waals surface area contributed by atoms with Crippen molar-refractivity contribution < 1.29 is 4.79 Å². The van der Waals surface area contributed by atoms with Crippen molar-refractivity contribution in [1.29, 1.82) is 5.26 Å². The molecule has 3 rings (SSSR count). The lowest BCUT2D eigenvalue weighted by Crippen LogP contribution is -2.58. The predicted octanol–water partition coefficient (Wildman–Crippen LogP) is 3.54. The highest BCUT2D eigenvalue weighted by atomic mass is 35.5. The standard InChI is InChI=1S/C21H29ClN4O/c1-17(20(27)24(2)21(16-23)9-4-3-5-10-21)25-11-13-26(14-12-25)19-8-6-7-18(22)15-19/h6-8,15,17H,3-5,9-14H2,1-2H3/t17-/m0/s1. The van der Waals surface area contributed by atoms with E-state index in [-0.39, 0.29) is 11.9 Å². The topological polar surface area (TPSA) is 50.6 Å². The van der Waals surface area contributed by atoms with Gasteiger partial charge in [0, 0.05) is 43.9 Å². The molecule has 2 fully saturated rings. The van der Waals surface area contributed by atoms with Crippen LogP contribution in [0.25, 0.3) is 0 Å². The summed E-state index contributed by atoms with van der Waals surface area (Å²) in [7, 11) is 1.82. The summed E-state index contributed by atoms with van der Waals surface area (Å²) in [4.78, 5) is 19.4. The summed E-state index contributed by atoms with van der Waals surface area (Å²) in [6.07, 6.45) is 4.80. The lowest BCUT2D eigenvalue weighted by atomic mass is 9.81. The van der Waals surface area contributed by atoms with Gasteiger partial charge in [0.1, 0.15) is 5.54 Å². The van der Waals surface area contributed by atoms with E-state index in [1.54, 1.807) is 4.90 Å². The van der Waals surface area contributed by atoms with Crippen LogP contribution in [0, 0.1) is 11.3 Å². The molecule has 1 aliphatic heterocycles. The van der Waals surface area contributed by atoms with Gasteiger partial charge in [0.15, 0.2) is 0 Å². The Morgan fingerprint density at radius 1 is 1.22 bits per heavy atom. The van der Waals surface area contributed by atoms with Crippen molar-refractivity contribution in [3.63, 3.8) is 0 Å². The average Bonchev–Trinajstić information content (AvgIpc) is 2.72. The van der Waals surface area contributed by atoms with Crippen LogP contribution in [0.5, 0.6) is 0 Å². The number of carbonyl (C=O) groups excluding carboxylic acids is 1.